The number of nitrogens with two attached hydrogens (primary N) is 2. The third-order valence-corrected chi connectivity index (χ3v) is 4.09. The smallest absolute Gasteiger partial charge is 0.237 e. The Bertz CT molecular complexity index is 325. The van der Waals surface area contributed by atoms with Crippen LogP contribution in [0.1, 0.15) is 58.8 Å². The van der Waals surface area contributed by atoms with Gasteiger partial charge >= 0.3 is 0 Å². The minimum absolute atomic E-state index is 0.0567. The molecule has 1 rings (SSSR count). The van der Waals surface area contributed by atoms with Crippen LogP contribution in [-0.2, 0) is 9.59 Å². The Hall–Kier alpha value is -1.10. The molecule has 0 radical (unpaired) electrons. The molecular weight excluding hydrogens is 254 g/mol. The first-order valence-electron chi connectivity index (χ1n) is 7.76. The molecule has 0 aromatic heterocycles. The van der Waals surface area contributed by atoms with Gasteiger partial charge in [0.15, 0.2) is 0 Å². The van der Waals surface area contributed by atoms with Gasteiger partial charge in [0.25, 0.3) is 0 Å². The van der Waals surface area contributed by atoms with Gasteiger partial charge in [-0.1, -0.05) is 26.2 Å². The Morgan fingerprint density at radius 3 is 2.30 bits per heavy atom. The van der Waals surface area contributed by atoms with Crippen LogP contribution in [0.25, 0.3) is 0 Å². The molecule has 5 nitrogen and oxygen atoms in total. The van der Waals surface area contributed by atoms with E-state index in [-0.39, 0.29) is 30.5 Å². The summed E-state index contributed by atoms with van der Waals surface area (Å²) in [7, 11) is 0. The predicted molar refractivity (Wildman–Crippen MR) is 79.8 cm³/mol. The average Bonchev–Trinajstić information content (AvgIpc) is 2.87. The highest BCUT2D eigenvalue weighted by Crippen LogP contribution is 2.25. The maximum atomic E-state index is 12.5. The Morgan fingerprint density at radius 2 is 1.80 bits per heavy atom. The van der Waals surface area contributed by atoms with Gasteiger partial charge in [-0.05, 0) is 32.6 Å². The molecule has 0 saturated heterocycles. The van der Waals surface area contributed by atoms with Crippen molar-refractivity contribution < 1.29 is 9.59 Å². The van der Waals surface area contributed by atoms with Crippen molar-refractivity contribution in [3.05, 3.63) is 0 Å². The van der Waals surface area contributed by atoms with Crippen molar-refractivity contribution in [1.29, 1.82) is 0 Å². The molecule has 20 heavy (non-hydrogen) atoms. The average molecular weight is 283 g/mol. The van der Waals surface area contributed by atoms with E-state index in [0.717, 1.165) is 44.9 Å². The van der Waals surface area contributed by atoms with Gasteiger partial charge in [-0.25, -0.2) is 0 Å². The molecule has 0 spiro atoms. The SMILES string of the molecule is CC(N)CCCC(C)C(=O)N(CC(N)=O)C1CCCC1. The summed E-state index contributed by atoms with van der Waals surface area (Å²) < 4.78 is 0. The number of nitrogens with zero attached hydrogens (tertiary/aromatic N) is 1. The lowest BCUT2D eigenvalue weighted by molar-refractivity contribution is -0.140. The molecule has 2 unspecified atom stereocenters. The van der Waals surface area contributed by atoms with Crippen LogP contribution in [-0.4, -0.2) is 35.3 Å². The van der Waals surface area contributed by atoms with Crippen molar-refractivity contribution in [3.63, 3.8) is 0 Å². The molecule has 1 aliphatic rings. The number of amides is 2. The second kappa shape index (κ2) is 8.25. The van der Waals surface area contributed by atoms with Crippen molar-refractivity contribution in [2.75, 3.05) is 6.54 Å². The van der Waals surface area contributed by atoms with Crippen LogP contribution in [0, 0.1) is 5.92 Å². The number of hydrogen-bond donors (Lipinski definition) is 2. The summed E-state index contributed by atoms with van der Waals surface area (Å²) in [5.41, 5.74) is 11.0. The zero-order chi connectivity index (χ0) is 15.1. The van der Waals surface area contributed by atoms with Gasteiger partial charge in [-0.3, -0.25) is 9.59 Å². The maximum Gasteiger partial charge on any atom is 0.237 e. The fraction of sp³-hybridized carbons (Fsp3) is 0.867. The molecule has 0 aromatic carbocycles. The summed E-state index contributed by atoms with van der Waals surface area (Å²) in [6, 6.07) is 0.375. The highest BCUT2D eigenvalue weighted by atomic mass is 16.2. The zero-order valence-corrected chi connectivity index (χ0v) is 12.8. The van der Waals surface area contributed by atoms with Crippen LogP contribution in [0.5, 0.6) is 0 Å². The van der Waals surface area contributed by atoms with Crippen molar-refractivity contribution >= 4 is 11.8 Å². The van der Waals surface area contributed by atoms with Crippen molar-refractivity contribution in [2.45, 2.75) is 70.9 Å². The van der Waals surface area contributed by atoms with Crippen LogP contribution in [0.3, 0.4) is 0 Å². The molecule has 1 fully saturated rings. The van der Waals surface area contributed by atoms with Crippen molar-refractivity contribution in [1.82, 2.24) is 4.90 Å². The first kappa shape index (κ1) is 17.0. The zero-order valence-electron chi connectivity index (χ0n) is 12.8. The molecule has 2 atom stereocenters. The van der Waals surface area contributed by atoms with E-state index >= 15 is 0 Å². The summed E-state index contributed by atoms with van der Waals surface area (Å²) in [5.74, 6) is -0.415. The molecule has 4 N–H and O–H groups in total. The van der Waals surface area contributed by atoms with Crippen LogP contribution < -0.4 is 11.5 Å². The Morgan fingerprint density at radius 1 is 1.20 bits per heavy atom. The number of carbonyl (C=O) groups excluding carboxylic acids is 2. The van der Waals surface area contributed by atoms with E-state index in [0.29, 0.717) is 0 Å². The van der Waals surface area contributed by atoms with E-state index < -0.39 is 5.91 Å². The fourth-order valence-electron chi connectivity index (χ4n) is 2.92. The number of rotatable bonds is 8. The van der Waals surface area contributed by atoms with Crippen LogP contribution in [0.15, 0.2) is 0 Å². The molecule has 0 bridgehead atoms. The second-order valence-electron chi connectivity index (χ2n) is 6.18. The van der Waals surface area contributed by atoms with Gasteiger partial charge in [-0.2, -0.15) is 0 Å². The third kappa shape index (κ3) is 5.49. The van der Waals surface area contributed by atoms with Gasteiger partial charge in [0.1, 0.15) is 0 Å². The number of primary amides is 1. The number of carbonyl (C=O) groups is 2. The van der Waals surface area contributed by atoms with Gasteiger partial charge < -0.3 is 16.4 Å². The normalized spacial score (nSPS) is 18.8. The van der Waals surface area contributed by atoms with E-state index in [1.807, 2.05) is 13.8 Å². The Kier molecular flexibility index (Phi) is 6.99. The predicted octanol–water partition coefficient (Wildman–Crippen LogP) is 1.40. The molecule has 0 aromatic rings. The summed E-state index contributed by atoms with van der Waals surface area (Å²) in [6.45, 7) is 3.97. The molecule has 1 saturated carbocycles. The summed E-state index contributed by atoms with van der Waals surface area (Å²) >= 11 is 0. The summed E-state index contributed by atoms with van der Waals surface area (Å²) in [4.78, 5) is 25.5. The molecule has 0 heterocycles. The molecule has 2 amide bonds. The Balaban J connectivity index is 2.54. The minimum atomic E-state index is -0.423. The van der Waals surface area contributed by atoms with Crippen molar-refractivity contribution in [2.24, 2.45) is 17.4 Å². The maximum absolute atomic E-state index is 12.5. The quantitative estimate of drug-likeness (QED) is 0.705. The molecule has 0 aliphatic heterocycles. The van der Waals surface area contributed by atoms with E-state index in [2.05, 4.69) is 0 Å². The van der Waals surface area contributed by atoms with Gasteiger partial charge in [0.2, 0.25) is 11.8 Å². The summed E-state index contributed by atoms with van der Waals surface area (Å²) in [5, 5.41) is 0. The first-order chi connectivity index (χ1) is 9.41. The largest absolute Gasteiger partial charge is 0.368 e. The third-order valence-electron chi connectivity index (χ3n) is 4.09. The van der Waals surface area contributed by atoms with E-state index in [1.54, 1.807) is 4.90 Å². The lowest BCUT2D eigenvalue weighted by Crippen LogP contribution is -2.46. The fourth-order valence-corrected chi connectivity index (χ4v) is 2.92. The minimum Gasteiger partial charge on any atom is -0.368 e. The second-order valence-corrected chi connectivity index (χ2v) is 6.18. The molecular formula is C15H29N3O2. The lowest BCUT2D eigenvalue weighted by atomic mass is 9.99. The van der Waals surface area contributed by atoms with Gasteiger partial charge in [-0.15, -0.1) is 0 Å². The van der Waals surface area contributed by atoms with E-state index in [1.165, 1.54) is 0 Å². The van der Waals surface area contributed by atoms with Crippen LogP contribution in [0.2, 0.25) is 0 Å². The number of hydrogen-bond acceptors (Lipinski definition) is 3. The Labute approximate surface area is 122 Å². The van der Waals surface area contributed by atoms with Gasteiger partial charge in [0.05, 0.1) is 6.54 Å². The van der Waals surface area contributed by atoms with E-state index in [4.69, 9.17) is 11.5 Å². The highest BCUT2D eigenvalue weighted by molar-refractivity contribution is 5.85. The van der Waals surface area contributed by atoms with Gasteiger partial charge in [0, 0.05) is 18.0 Å². The lowest BCUT2D eigenvalue weighted by Gasteiger charge is -2.30. The van der Waals surface area contributed by atoms with Crippen LogP contribution in [0.4, 0.5) is 0 Å². The molecule has 5 heteroatoms. The van der Waals surface area contributed by atoms with Crippen LogP contribution >= 0.6 is 0 Å². The van der Waals surface area contributed by atoms with E-state index in [9.17, 15) is 9.59 Å². The molecule has 1 aliphatic carbocycles. The topological polar surface area (TPSA) is 89.4 Å². The monoisotopic (exact) mass is 283 g/mol. The first-order valence-corrected chi connectivity index (χ1v) is 7.76. The standard InChI is InChI=1S/C15H29N3O2/c1-11(6-5-7-12(2)16)15(20)18(10-14(17)19)13-8-3-4-9-13/h11-13H,3-10,16H2,1-2H3,(H2,17,19). The van der Waals surface area contributed by atoms with Crippen molar-refractivity contribution in [3.8, 4) is 0 Å². The molecule has 116 valence electrons. The highest BCUT2D eigenvalue weighted by Gasteiger charge is 2.30. The summed E-state index contributed by atoms with van der Waals surface area (Å²) in [6.07, 6.45) is 6.94.